The van der Waals surface area contributed by atoms with E-state index in [-0.39, 0.29) is 16.8 Å². The summed E-state index contributed by atoms with van der Waals surface area (Å²) in [6.45, 7) is 4.23. The molecule has 1 aliphatic rings. The molecule has 0 radical (unpaired) electrons. The molecule has 8 nitrogen and oxygen atoms in total. The van der Waals surface area contributed by atoms with Crippen molar-refractivity contribution in [2.45, 2.75) is 51.3 Å². The Bertz CT molecular complexity index is 1020. The standard InChI is InChI=1S/C21H23F3N2O6/c1-11-6-5-7-13(15(11)26(31)32)19(3,4)9-20(30,21(22,23)24)10-25-14-8-12(2)16(27)18(29)17(14)28/h5-8,12,25,30H,9-10H2,1-4H3. The maximum atomic E-state index is 13.9. The van der Waals surface area contributed by atoms with E-state index in [1.54, 1.807) is 0 Å². The molecule has 174 valence electrons. The summed E-state index contributed by atoms with van der Waals surface area (Å²) in [6, 6.07) is 4.25. The molecule has 0 bridgehead atoms. The van der Waals surface area contributed by atoms with Crippen molar-refractivity contribution in [3.8, 4) is 0 Å². The molecule has 0 aromatic heterocycles. The molecule has 0 heterocycles. The van der Waals surface area contributed by atoms with Gasteiger partial charge in [-0.2, -0.15) is 13.2 Å². The molecule has 1 aliphatic carbocycles. The van der Waals surface area contributed by atoms with E-state index in [1.165, 1.54) is 45.9 Å². The number of hydrogen-bond donors (Lipinski definition) is 2. The fraction of sp³-hybridized carbons (Fsp3) is 0.476. The van der Waals surface area contributed by atoms with Gasteiger partial charge in [-0.05, 0) is 24.8 Å². The van der Waals surface area contributed by atoms with E-state index in [0.717, 1.165) is 6.08 Å². The summed E-state index contributed by atoms with van der Waals surface area (Å²) >= 11 is 0. The van der Waals surface area contributed by atoms with E-state index in [2.05, 4.69) is 5.32 Å². The van der Waals surface area contributed by atoms with Crippen LogP contribution in [0, 0.1) is 23.0 Å². The molecule has 2 unspecified atom stereocenters. The minimum atomic E-state index is -5.18. The lowest BCUT2D eigenvalue weighted by molar-refractivity contribution is -0.386. The lowest BCUT2D eigenvalue weighted by Crippen LogP contribution is -2.56. The first-order chi connectivity index (χ1) is 14.5. The van der Waals surface area contributed by atoms with Crippen LogP contribution < -0.4 is 5.32 Å². The van der Waals surface area contributed by atoms with Crippen molar-refractivity contribution in [3.63, 3.8) is 0 Å². The van der Waals surface area contributed by atoms with Gasteiger partial charge in [-0.1, -0.05) is 39.0 Å². The Morgan fingerprint density at radius 1 is 1.16 bits per heavy atom. The molecular weight excluding hydrogens is 433 g/mol. The number of alkyl halides is 3. The van der Waals surface area contributed by atoms with Crippen molar-refractivity contribution in [2.24, 2.45) is 5.92 Å². The summed E-state index contributed by atoms with van der Waals surface area (Å²) in [6.07, 6.45) is -5.14. The maximum Gasteiger partial charge on any atom is 0.418 e. The molecule has 0 fully saturated rings. The largest absolute Gasteiger partial charge is 0.418 e. The Hall–Kier alpha value is -3.08. The van der Waals surface area contributed by atoms with Crippen LogP contribution in [0.3, 0.4) is 0 Å². The topological polar surface area (TPSA) is 127 Å². The van der Waals surface area contributed by atoms with Gasteiger partial charge in [0.15, 0.2) is 5.60 Å². The number of allylic oxidation sites excluding steroid dienone is 2. The summed E-state index contributed by atoms with van der Waals surface area (Å²) in [7, 11) is 0. The predicted octanol–water partition coefficient (Wildman–Crippen LogP) is 2.69. The molecule has 11 heteroatoms. The maximum absolute atomic E-state index is 13.9. The molecule has 32 heavy (non-hydrogen) atoms. The fourth-order valence-electron chi connectivity index (χ4n) is 3.76. The van der Waals surface area contributed by atoms with Crippen molar-refractivity contribution in [2.75, 3.05) is 6.54 Å². The van der Waals surface area contributed by atoms with Gasteiger partial charge < -0.3 is 10.4 Å². The third kappa shape index (κ3) is 4.72. The fourth-order valence-corrected chi connectivity index (χ4v) is 3.76. The van der Waals surface area contributed by atoms with Gasteiger partial charge in [0.2, 0.25) is 5.78 Å². The number of benzene rings is 1. The normalized spacial score (nSPS) is 19.4. The predicted molar refractivity (Wildman–Crippen MR) is 107 cm³/mol. The average Bonchev–Trinajstić information content (AvgIpc) is 2.66. The Kier molecular flexibility index (Phi) is 6.65. The zero-order valence-electron chi connectivity index (χ0n) is 17.9. The summed E-state index contributed by atoms with van der Waals surface area (Å²) < 4.78 is 41.7. The van der Waals surface area contributed by atoms with E-state index >= 15 is 0 Å². The Morgan fingerprint density at radius 3 is 2.28 bits per heavy atom. The van der Waals surface area contributed by atoms with Crippen LogP contribution in [0.1, 0.15) is 38.3 Å². The van der Waals surface area contributed by atoms with Gasteiger partial charge >= 0.3 is 6.18 Å². The van der Waals surface area contributed by atoms with Gasteiger partial charge in [-0.3, -0.25) is 24.5 Å². The number of halogens is 3. The van der Waals surface area contributed by atoms with Gasteiger partial charge in [0, 0.05) is 17.0 Å². The van der Waals surface area contributed by atoms with Gasteiger partial charge in [0.25, 0.3) is 17.3 Å². The number of nitro groups is 1. The molecule has 1 aromatic carbocycles. The third-order valence-corrected chi connectivity index (χ3v) is 5.49. The van der Waals surface area contributed by atoms with E-state index in [4.69, 9.17) is 0 Å². The monoisotopic (exact) mass is 456 g/mol. The highest BCUT2D eigenvalue weighted by Crippen LogP contribution is 2.44. The number of carbonyl (C=O) groups excluding carboxylic acids is 3. The second-order valence-electron chi connectivity index (χ2n) is 8.56. The second kappa shape index (κ2) is 8.45. The molecule has 0 amide bonds. The number of nitrogens with one attached hydrogen (secondary N) is 1. The number of nitrogens with zero attached hydrogens (tertiary/aromatic N) is 1. The average molecular weight is 456 g/mol. The van der Waals surface area contributed by atoms with Crippen molar-refractivity contribution in [1.82, 2.24) is 5.32 Å². The van der Waals surface area contributed by atoms with E-state index in [9.17, 15) is 42.8 Å². The van der Waals surface area contributed by atoms with Crippen molar-refractivity contribution in [3.05, 3.63) is 51.2 Å². The van der Waals surface area contributed by atoms with E-state index in [0.29, 0.717) is 0 Å². The van der Waals surface area contributed by atoms with Crippen LogP contribution in [0.25, 0.3) is 0 Å². The van der Waals surface area contributed by atoms with Crippen LogP contribution in [0.15, 0.2) is 30.0 Å². The van der Waals surface area contributed by atoms with Gasteiger partial charge in [0.1, 0.15) is 0 Å². The number of nitro benzene ring substituents is 1. The van der Waals surface area contributed by atoms with E-state index in [1.807, 2.05) is 0 Å². The lowest BCUT2D eigenvalue weighted by atomic mass is 9.73. The number of para-hydroxylation sites is 1. The van der Waals surface area contributed by atoms with Gasteiger partial charge in [0.05, 0.1) is 17.2 Å². The molecule has 1 aromatic rings. The highest BCUT2D eigenvalue weighted by atomic mass is 19.4. The van der Waals surface area contributed by atoms with Crippen LogP contribution in [0.2, 0.25) is 0 Å². The highest BCUT2D eigenvalue weighted by molar-refractivity contribution is 6.68. The first-order valence-electron chi connectivity index (χ1n) is 9.64. The molecule has 2 atom stereocenters. The van der Waals surface area contributed by atoms with Crippen molar-refractivity contribution >= 4 is 23.0 Å². The summed E-state index contributed by atoms with van der Waals surface area (Å²) in [5, 5.41) is 24.3. The quantitative estimate of drug-likeness (QED) is 0.367. The number of carbonyl (C=O) groups is 3. The zero-order chi connectivity index (χ0) is 24.6. The molecule has 2 rings (SSSR count). The van der Waals surface area contributed by atoms with Crippen LogP contribution in [0.4, 0.5) is 18.9 Å². The summed E-state index contributed by atoms with van der Waals surface area (Å²) in [4.78, 5) is 46.1. The molecule has 2 N–H and O–H groups in total. The van der Waals surface area contributed by atoms with Crippen LogP contribution in [-0.4, -0.2) is 45.7 Å². The summed E-state index contributed by atoms with van der Waals surface area (Å²) in [5.74, 6) is -4.62. The van der Waals surface area contributed by atoms with Crippen LogP contribution >= 0.6 is 0 Å². The first kappa shape index (κ1) is 25.2. The number of hydrogen-bond acceptors (Lipinski definition) is 7. The van der Waals surface area contributed by atoms with Crippen LogP contribution in [0.5, 0.6) is 0 Å². The summed E-state index contributed by atoms with van der Waals surface area (Å²) in [5.41, 5.74) is -5.52. The Morgan fingerprint density at radius 2 is 1.75 bits per heavy atom. The van der Waals surface area contributed by atoms with Gasteiger partial charge in [-0.25, -0.2) is 0 Å². The number of aliphatic hydroxyl groups is 1. The SMILES string of the molecule is Cc1cccc(C(C)(C)CC(O)(CNC2=CC(C)C(=O)C(=O)C2=O)C(F)(F)F)c1[N+](=O)[O-]. The minimum absolute atomic E-state index is 0.00697. The highest BCUT2D eigenvalue weighted by Gasteiger charge is 2.56. The molecule has 0 spiro atoms. The molecule has 0 aliphatic heterocycles. The van der Waals surface area contributed by atoms with Crippen molar-refractivity contribution in [1.29, 1.82) is 0 Å². The van der Waals surface area contributed by atoms with Crippen LogP contribution in [-0.2, 0) is 19.8 Å². The third-order valence-electron chi connectivity index (χ3n) is 5.49. The Balaban J connectivity index is 2.41. The number of ketones is 3. The Labute approximate surface area is 181 Å². The van der Waals surface area contributed by atoms with Gasteiger partial charge in [-0.15, -0.1) is 0 Å². The van der Waals surface area contributed by atoms with Crippen molar-refractivity contribution < 1.29 is 37.6 Å². The smallest absolute Gasteiger partial charge is 0.379 e. The zero-order valence-corrected chi connectivity index (χ0v) is 17.9. The number of aryl methyl sites for hydroxylation is 1. The number of Topliss-reactive ketones (excluding diaryl/α,β-unsaturated/α-hetero) is 3. The van der Waals surface area contributed by atoms with E-state index < -0.39 is 64.0 Å². The number of rotatable bonds is 7. The lowest BCUT2D eigenvalue weighted by Gasteiger charge is -2.38. The molecule has 0 saturated carbocycles. The first-order valence-corrected chi connectivity index (χ1v) is 9.64. The minimum Gasteiger partial charge on any atom is -0.379 e. The molecule has 0 saturated heterocycles. The second-order valence-corrected chi connectivity index (χ2v) is 8.56. The molecular formula is C21H23F3N2O6.